The van der Waals surface area contributed by atoms with E-state index in [9.17, 15) is 4.79 Å². The summed E-state index contributed by atoms with van der Waals surface area (Å²) in [6.07, 6.45) is 2.66. The molecule has 4 rings (SSSR count). The fourth-order valence-corrected chi connectivity index (χ4v) is 3.34. The summed E-state index contributed by atoms with van der Waals surface area (Å²) < 4.78 is 5.77. The number of benzene rings is 2. The summed E-state index contributed by atoms with van der Waals surface area (Å²) in [6, 6.07) is 22.5. The maximum Gasteiger partial charge on any atom is 0.255 e. The van der Waals surface area contributed by atoms with E-state index in [1.807, 2.05) is 74.8 Å². The van der Waals surface area contributed by atoms with E-state index in [0.29, 0.717) is 23.7 Å². The Labute approximate surface area is 193 Å². The molecule has 2 heterocycles. The highest BCUT2D eigenvalue weighted by Gasteiger charge is 2.08. The first kappa shape index (κ1) is 22.2. The lowest BCUT2D eigenvalue weighted by molar-refractivity contribution is 0.102. The van der Waals surface area contributed by atoms with Crippen molar-refractivity contribution in [3.63, 3.8) is 0 Å². The molecule has 2 aromatic carbocycles. The van der Waals surface area contributed by atoms with Gasteiger partial charge in [0.2, 0.25) is 5.88 Å². The lowest BCUT2D eigenvalue weighted by Gasteiger charge is -2.12. The fourth-order valence-electron chi connectivity index (χ4n) is 3.34. The smallest absolute Gasteiger partial charge is 0.255 e. The van der Waals surface area contributed by atoms with Crippen molar-refractivity contribution in [3.8, 4) is 5.88 Å². The average Bonchev–Trinajstić information content (AvgIpc) is 2.83. The first-order valence-electron chi connectivity index (χ1n) is 10.9. The number of rotatable bonds is 9. The van der Waals surface area contributed by atoms with Gasteiger partial charge in [-0.25, -0.2) is 4.98 Å². The Hall–Kier alpha value is -3.97. The van der Waals surface area contributed by atoms with Crippen LogP contribution in [0.15, 0.2) is 79.0 Å². The number of hydrogen-bond donors (Lipinski definition) is 2. The van der Waals surface area contributed by atoms with Gasteiger partial charge >= 0.3 is 0 Å². The van der Waals surface area contributed by atoms with Crippen molar-refractivity contribution in [1.82, 2.24) is 14.9 Å². The molecule has 0 saturated carbocycles. The summed E-state index contributed by atoms with van der Waals surface area (Å²) in [4.78, 5) is 23.4. The van der Waals surface area contributed by atoms with Gasteiger partial charge in [-0.15, -0.1) is 0 Å². The zero-order valence-electron chi connectivity index (χ0n) is 18.8. The zero-order valence-corrected chi connectivity index (χ0v) is 18.8. The van der Waals surface area contributed by atoms with Gasteiger partial charge in [0.1, 0.15) is 0 Å². The number of pyridine rings is 2. The average molecular weight is 442 g/mol. The number of fused-ring (bicyclic) bond motifs is 1. The van der Waals surface area contributed by atoms with Crippen LogP contribution in [0.4, 0.5) is 17.1 Å². The molecule has 0 spiro atoms. The largest absolute Gasteiger partial charge is 0.478 e. The van der Waals surface area contributed by atoms with E-state index < -0.39 is 0 Å². The Morgan fingerprint density at radius 2 is 1.70 bits per heavy atom. The number of carbonyl (C=O) groups is 1. The van der Waals surface area contributed by atoms with Gasteiger partial charge in [0.15, 0.2) is 5.65 Å². The van der Waals surface area contributed by atoms with Crippen LogP contribution in [0.5, 0.6) is 5.88 Å². The first-order chi connectivity index (χ1) is 16.1. The molecule has 2 N–H and O–H groups in total. The third-order valence-electron chi connectivity index (χ3n) is 5.04. The van der Waals surface area contributed by atoms with E-state index in [1.165, 1.54) is 0 Å². The predicted molar refractivity (Wildman–Crippen MR) is 132 cm³/mol. The maximum atomic E-state index is 12.3. The summed E-state index contributed by atoms with van der Waals surface area (Å²) in [6.45, 7) is 1.58. The molecule has 0 saturated heterocycles. The van der Waals surface area contributed by atoms with Crippen LogP contribution in [0.1, 0.15) is 16.8 Å². The third-order valence-corrected chi connectivity index (χ3v) is 5.04. The van der Waals surface area contributed by atoms with Crippen LogP contribution in [0.25, 0.3) is 11.0 Å². The summed E-state index contributed by atoms with van der Waals surface area (Å²) >= 11 is 0. The molecule has 0 aliphatic rings. The van der Waals surface area contributed by atoms with Crippen LogP contribution in [0.2, 0.25) is 0 Å². The van der Waals surface area contributed by atoms with Gasteiger partial charge in [-0.2, -0.15) is 4.98 Å². The molecule has 0 fully saturated rings. The molecule has 7 heteroatoms. The molecule has 0 atom stereocenters. The maximum absolute atomic E-state index is 12.3. The van der Waals surface area contributed by atoms with Crippen molar-refractivity contribution < 1.29 is 9.53 Å². The van der Waals surface area contributed by atoms with Crippen molar-refractivity contribution in [3.05, 3.63) is 84.6 Å². The number of ether oxygens (including phenoxy) is 1. The molecule has 0 unspecified atom stereocenters. The molecule has 1 amide bonds. The first-order valence-corrected chi connectivity index (χ1v) is 10.9. The number of hydrogen-bond acceptors (Lipinski definition) is 6. The van der Waals surface area contributed by atoms with Gasteiger partial charge in [0.05, 0.1) is 12.3 Å². The standard InChI is InChI=1S/C26H27N5O2/c1-31(2)17-6-18-33-24-14-13-22-23(15-16-27-25(22)30-24)28-20-9-11-21(12-10-20)29-26(32)19-7-4-3-5-8-19/h3-5,7-16H,6,17-18H2,1-2H3,(H,29,32)(H,27,28,30). The van der Waals surface area contributed by atoms with E-state index >= 15 is 0 Å². The van der Waals surface area contributed by atoms with Crippen LogP contribution >= 0.6 is 0 Å². The molecule has 0 radical (unpaired) electrons. The highest BCUT2D eigenvalue weighted by molar-refractivity contribution is 6.04. The predicted octanol–water partition coefficient (Wildman–Crippen LogP) is 4.96. The second-order valence-corrected chi connectivity index (χ2v) is 7.91. The number of carbonyl (C=O) groups excluding carboxylic acids is 1. The Bertz CT molecular complexity index is 1210. The molecular formula is C26H27N5O2. The number of nitrogens with zero attached hydrogens (tertiary/aromatic N) is 3. The molecule has 0 aliphatic carbocycles. The van der Waals surface area contributed by atoms with Crippen molar-refractivity contribution in [2.24, 2.45) is 0 Å². The topological polar surface area (TPSA) is 79.4 Å². The second-order valence-electron chi connectivity index (χ2n) is 7.91. The lowest BCUT2D eigenvalue weighted by atomic mass is 10.2. The van der Waals surface area contributed by atoms with Crippen LogP contribution in [0, 0.1) is 0 Å². The number of aromatic nitrogens is 2. The minimum absolute atomic E-state index is 0.137. The van der Waals surface area contributed by atoms with E-state index in [1.54, 1.807) is 18.3 Å². The highest BCUT2D eigenvalue weighted by Crippen LogP contribution is 2.26. The van der Waals surface area contributed by atoms with E-state index in [0.717, 1.165) is 35.4 Å². The molecule has 2 aromatic heterocycles. The van der Waals surface area contributed by atoms with Crippen molar-refractivity contribution in [1.29, 1.82) is 0 Å². The Morgan fingerprint density at radius 1 is 0.939 bits per heavy atom. The normalized spacial score (nSPS) is 10.9. The van der Waals surface area contributed by atoms with Crippen LogP contribution in [-0.2, 0) is 0 Å². The van der Waals surface area contributed by atoms with E-state index in [4.69, 9.17) is 4.74 Å². The quantitative estimate of drug-likeness (QED) is 0.358. The van der Waals surface area contributed by atoms with Crippen molar-refractivity contribution in [2.45, 2.75) is 6.42 Å². The van der Waals surface area contributed by atoms with Gasteiger partial charge in [0, 0.05) is 41.1 Å². The number of amides is 1. The van der Waals surface area contributed by atoms with Gasteiger partial charge in [-0.05, 0) is 69.0 Å². The Kier molecular flexibility index (Phi) is 7.12. The van der Waals surface area contributed by atoms with Crippen molar-refractivity contribution >= 4 is 34.0 Å². The molecule has 0 aliphatic heterocycles. The third kappa shape index (κ3) is 6.05. The van der Waals surface area contributed by atoms with E-state index in [-0.39, 0.29) is 5.91 Å². The minimum Gasteiger partial charge on any atom is -0.478 e. The molecular weight excluding hydrogens is 414 g/mol. The zero-order chi connectivity index (χ0) is 23.0. The van der Waals surface area contributed by atoms with Crippen LogP contribution < -0.4 is 15.4 Å². The van der Waals surface area contributed by atoms with Gasteiger partial charge < -0.3 is 20.3 Å². The minimum atomic E-state index is -0.137. The summed E-state index contributed by atoms with van der Waals surface area (Å²) in [7, 11) is 4.09. The monoisotopic (exact) mass is 441 g/mol. The Balaban J connectivity index is 1.41. The summed E-state index contributed by atoms with van der Waals surface area (Å²) in [5, 5.41) is 7.22. The number of anilines is 3. The molecule has 168 valence electrons. The summed E-state index contributed by atoms with van der Waals surface area (Å²) in [5.41, 5.74) is 3.76. The summed E-state index contributed by atoms with van der Waals surface area (Å²) in [5.74, 6) is 0.437. The molecule has 7 nitrogen and oxygen atoms in total. The van der Waals surface area contributed by atoms with Gasteiger partial charge in [0.25, 0.3) is 5.91 Å². The highest BCUT2D eigenvalue weighted by atomic mass is 16.5. The molecule has 33 heavy (non-hydrogen) atoms. The lowest BCUT2D eigenvalue weighted by Crippen LogP contribution is -2.15. The van der Waals surface area contributed by atoms with Gasteiger partial charge in [-0.3, -0.25) is 4.79 Å². The van der Waals surface area contributed by atoms with E-state index in [2.05, 4.69) is 25.5 Å². The van der Waals surface area contributed by atoms with Crippen LogP contribution in [0.3, 0.4) is 0 Å². The fraction of sp³-hybridized carbons (Fsp3) is 0.192. The second kappa shape index (κ2) is 10.6. The Morgan fingerprint density at radius 3 is 2.45 bits per heavy atom. The van der Waals surface area contributed by atoms with Crippen molar-refractivity contribution in [2.75, 3.05) is 37.9 Å². The SMILES string of the molecule is CN(C)CCCOc1ccc2c(Nc3ccc(NC(=O)c4ccccc4)cc3)ccnc2n1. The van der Waals surface area contributed by atoms with Crippen LogP contribution in [-0.4, -0.2) is 48.0 Å². The molecule has 4 aromatic rings. The number of nitrogens with one attached hydrogen (secondary N) is 2. The van der Waals surface area contributed by atoms with Gasteiger partial charge in [-0.1, -0.05) is 18.2 Å². The molecule has 0 bridgehead atoms.